The highest BCUT2D eigenvalue weighted by Gasteiger charge is 2.17. The van der Waals surface area contributed by atoms with Crippen molar-refractivity contribution in [2.24, 2.45) is 7.05 Å². The van der Waals surface area contributed by atoms with Gasteiger partial charge < -0.3 is 4.57 Å². The number of pyridine rings is 1. The fourth-order valence-electron chi connectivity index (χ4n) is 2.67. The molecule has 21 heavy (non-hydrogen) atoms. The van der Waals surface area contributed by atoms with Gasteiger partial charge in [-0.15, -0.1) is 11.3 Å². The molecule has 0 atom stereocenters. The monoisotopic (exact) mass is 303 g/mol. The Morgan fingerprint density at radius 1 is 1.10 bits per heavy atom. The molecule has 0 amide bonds. The maximum atomic E-state index is 11.6. The van der Waals surface area contributed by atoms with Crippen molar-refractivity contribution >= 4 is 11.3 Å². The van der Waals surface area contributed by atoms with Crippen LogP contribution in [-0.4, -0.2) is 40.5 Å². The van der Waals surface area contributed by atoms with Crippen LogP contribution < -0.4 is 5.56 Å². The van der Waals surface area contributed by atoms with E-state index >= 15 is 0 Å². The summed E-state index contributed by atoms with van der Waals surface area (Å²) < 4.78 is 1.61. The number of aromatic nitrogens is 1. The van der Waals surface area contributed by atoms with Crippen molar-refractivity contribution in [2.75, 3.05) is 26.2 Å². The van der Waals surface area contributed by atoms with Crippen molar-refractivity contribution in [3.05, 3.63) is 56.6 Å². The van der Waals surface area contributed by atoms with Gasteiger partial charge in [-0.05, 0) is 23.1 Å². The van der Waals surface area contributed by atoms with Crippen LogP contribution in [0.3, 0.4) is 0 Å². The topological polar surface area (TPSA) is 28.5 Å². The molecule has 0 spiro atoms. The first-order valence-corrected chi connectivity index (χ1v) is 8.21. The van der Waals surface area contributed by atoms with Crippen LogP contribution >= 0.6 is 11.3 Å². The van der Waals surface area contributed by atoms with Gasteiger partial charge in [0, 0.05) is 63.5 Å². The van der Waals surface area contributed by atoms with Gasteiger partial charge in [-0.3, -0.25) is 14.6 Å². The number of nitrogens with zero attached hydrogens (tertiary/aromatic N) is 3. The molecule has 0 saturated carbocycles. The zero-order chi connectivity index (χ0) is 14.7. The molecule has 3 heterocycles. The van der Waals surface area contributed by atoms with E-state index in [2.05, 4.69) is 27.3 Å². The molecule has 5 heteroatoms. The van der Waals surface area contributed by atoms with Crippen molar-refractivity contribution in [2.45, 2.75) is 13.1 Å². The molecule has 2 aromatic heterocycles. The molecule has 112 valence electrons. The lowest BCUT2D eigenvalue weighted by Gasteiger charge is -2.34. The summed E-state index contributed by atoms with van der Waals surface area (Å²) in [6, 6.07) is 8.11. The van der Waals surface area contributed by atoms with Crippen LogP contribution in [0.4, 0.5) is 0 Å². The largest absolute Gasteiger partial charge is 0.319 e. The van der Waals surface area contributed by atoms with Gasteiger partial charge in [0.15, 0.2) is 0 Å². The van der Waals surface area contributed by atoms with Crippen LogP contribution in [0.1, 0.15) is 10.4 Å². The summed E-state index contributed by atoms with van der Waals surface area (Å²) in [6.45, 7) is 6.28. The first-order valence-electron chi connectivity index (χ1n) is 7.33. The van der Waals surface area contributed by atoms with E-state index in [1.54, 1.807) is 17.7 Å². The molecular weight excluding hydrogens is 282 g/mol. The quantitative estimate of drug-likeness (QED) is 0.862. The van der Waals surface area contributed by atoms with Crippen LogP contribution in [0.2, 0.25) is 0 Å². The summed E-state index contributed by atoms with van der Waals surface area (Å²) >= 11 is 1.83. The van der Waals surface area contributed by atoms with Gasteiger partial charge >= 0.3 is 0 Å². The summed E-state index contributed by atoms with van der Waals surface area (Å²) in [7, 11) is 1.79. The first-order chi connectivity index (χ1) is 10.2. The predicted octanol–water partition coefficient (Wildman–Crippen LogP) is 1.76. The van der Waals surface area contributed by atoms with Crippen molar-refractivity contribution in [3.63, 3.8) is 0 Å². The van der Waals surface area contributed by atoms with E-state index in [0.717, 1.165) is 44.8 Å². The Morgan fingerprint density at radius 3 is 2.43 bits per heavy atom. The molecule has 3 rings (SSSR count). The highest BCUT2D eigenvalue weighted by molar-refractivity contribution is 7.09. The Balaban J connectivity index is 1.51. The van der Waals surface area contributed by atoms with Gasteiger partial charge in [-0.1, -0.05) is 6.07 Å². The molecule has 0 unspecified atom stereocenters. The molecule has 1 aliphatic heterocycles. The fraction of sp³-hybridized carbons (Fsp3) is 0.438. The Bertz CT molecular complexity index is 627. The van der Waals surface area contributed by atoms with Crippen LogP contribution in [0.25, 0.3) is 0 Å². The van der Waals surface area contributed by atoms with Gasteiger partial charge in [-0.25, -0.2) is 0 Å². The summed E-state index contributed by atoms with van der Waals surface area (Å²) in [5, 5.41) is 2.14. The van der Waals surface area contributed by atoms with Crippen molar-refractivity contribution < 1.29 is 0 Å². The fourth-order valence-corrected chi connectivity index (χ4v) is 3.42. The van der Waals surface area contributed by atoms with E-state index in [-0.39, 0.29) is 5.56 Å². The summed E-state index contributed by atoms with van der Waals surface area (Å²) in [5.74, 6) is 0. The first kappa shape index (κ1) is 14.5. The number of hydrogen-bond acceptors (Lipinski definition) is 4. The van der Waals surface area contributed by atoms with Crippen LogP contribution in [0, 0.1) is 0 Å². The molecule has 0 N–H and O–H groups in total. The number of aryl methyl sites for hydroxylation is 1. The molecule has 1 saturated heterocycles. The van der Waals surface area contributed by atoms with Crippen LogP contribution in [0.5, 0.6) is 0 Å². The molecule has 0 aromatic carbocycles. The maximum absolute atomic E-state index is 11.6. The maximum Gasteiger partial charge on any atom is 0.250 e. The zero-order valence-electron chi connectivity index (χ0n) is 12.4. The summed E-state index contributed by atoms with van der Waals surface area (Å²) in [6.07, 6.45) is 1.85. The van der Waals surface area contributed by atoms with Crippen molar-refractivity contribution in [1.82, 2.24) is 14.4 Å². The standard InChI is InChI=1S/C16H21N3OS/c1-17-5-4-14(11-16(17)20)12-18-6-8-19(9-7-18)13-15-3-2-10-21-15/h2-5,10-11H,6-9,12-13H2,1H3. The Hall–Kier alpha value is -1.43. The zero-order valence-corrected chi connectivity index (χ0v) is 13.2. The molecule has 1 aliphatic rings. The molecule has 0 radical (unpaired) electrons. The normalized spacial score (nSPS) is 17.2. The Morgan fingerprint density at radius 2 is 1.81 bits per heavy atom. The van der Waals surface area contributed by atoms with Gasteiger partial charge in [0.05, 0.1) is 0 Å². The van der Waals surface area contributed by atoms with E-state index < -0.39 is 0 Å². The smallest absolute Gasteiger partial charge is 0.250 e. The minimum absolute atomic E-state index is 0.0730. The molecule has 4 nitrogen and oxygen atoms in total. The third-order valence-electron chi connectivity index (χ3n) is 4.00. The van der Waals surface area contributed by atoms with E-state index in [4.69, 9.17) is 0 Å². The van der Waals surface area contributed by atoms with Crippen molar-refractivity contribution in [3.8, 4) is 0 Å². The lowest BCUT2D eigenvalue weighted by Crippen LogP contribution is -2.45. The lowest BCUT2D eigenvalue weighted by atomic mass is 10.2. The van der Waals surface area contributed by atoms with Crippen molar-refractivity contribution in [1.29, 1.82) is 0 Å². The Kier molecular flexibility index (Phi) is 4.53. The molecule has 2 aromatic rings. The van der Waals surface area contributed by atoms with E-state index in [0.29, 0.717) is 0 Å². The number of hydrogen-bond donors (Lipinski definition) is 0. The van der Waals surface area contributed by atoms with Crippen LogP contribution in [0.15, 0.2) is 40.6 Å². The van der Waals surface area contributed by atoms with Gasteiger partial charge in [0.25, 0.3) is 5.56 Å². The predicted molar refractivity (Wildman–Crippen MR) is 86.6 cm³/mol. The second-order valence-electron chi connectivity index (χ2n) is 5.62. The molecule has 0 aliphatic carbocycles. The van der Waals surface area contributed by atoms with Gasteiger partial charge in [0.1, 0.15) is 0 Å². The average Bonchev–Trinajstić information content (AvgIpc) is 2.98. The van der Waals surface area contributed by atoms with Crippen LogP contribution in [-0.2, 0) is 20.1 Å². The Labute approximate surface area is 129 Å². The summed E-state index contributed by atoms with van der Waals surface area (Å²) in [5.41, 5.74) is 1.19. The SMILES string of the molecule is Cn1ccc(CN2CCN(Cc3cccs3)CC2)cc1=O. The minimum Gasteiger partial charge on any atom is -0.319 e. The average molecular weight is 303 g/mol. The van der Waals surface area contributed by atoms with E-state index in [9.17, 15) is 4.79 Å². The third kappa shape index (κ3) is 3.81. The second-order valence-corrected chi connectivity index (χ2v) is 6.65. The highest BCUT2D eigenvalue weighted by atomic mass is 32.1. The lowest BCUT2D eigenvalue weighted by molar-refractivity contribution is 0.123. The second kappa shape index (κ2) is 6.56. The van der Waals surface area contributed by atoms with Gasteiger partial charge in [0.2, 0.25) is 0 Å². The van der Waals surface area contributed by atoms with E-state index in [1.165, 1.54) is 4.88 Å². The summed E-state index contributed by atoms with van der Waals surface area (Å²) in [4.78, 5) is 18.0. The van der Waals surface area contributed by atoms with E-state index in [1.807, 2.05) is 23.6 Å². The number of piperazine rings is 1. The molecule has 1 fully saturated rings. The third-order valence-corrected chi connectivity index (χ3v) is 4.86. The molecule has 0 bridgehead atoms. The molecular formula is C16H21N3OS. The number of thiophene rings is 1. The minimum atomic E-state index is 0.0730. The number of rotatable bonds is 4. The highest BCUT2D eigenvalue weighted by Crippen LogP contribution is 2.14. The van der Waals surface area contributed by atoms with Gasteiger partial charge in [-0.2, -0.15) is 0 Å².